The van der Waals surface area contributed by atoms with Crippen molar-refractivity contribution in [3.05, 3.63) is 82.3 Å². The van der Waals surface area contributed by atoms with Crippen LogP contribution < -0.4 is 10.6 Å². The number of thiazole rings is 1. The van der Waals surface area contributed by atoms with Gasteiger partial charge in [0.25, 0.3) is 5.91 Å². The third kappa shape index (κ3) is 4.41. The van der Waals surface area contributed by atoms with Gasteiger partial charge in [-0.05, 0) is 54.7 Å². The van der Waals surface area contributed by atoms with Crippen LogP contribution in [0.1, 0.15) is 10.4 Å². The van der Waals surface area contributed by atoms with Crippen LogP contribution in [0.5, 0.6) is 0 Å². The van der Waals surface area contributed by atoms with Crippen molar-refractivity contribution in [2.45, 2.75) is 0 Å². The second-order valence-corrected chi connectivity index (χ2v) is 8.35. The summed E-state index contributed by atoms with van der Waals surface area (Å²) in [5.41, 5.74) is 2.75. The molecule has 1 heterocycles. The van der Waals surface area contributed by atoms with Gasteiger partial charge in [0, 0.05) is 10.6 Å². The second-order valence-electron chi connectivity index (χ2n) is 6.06. The number of hydrogen-bond donors (Lipinski definition) is 2. The van der Waals surface area contributed by atoms with E-state index in [1.165, 1.54) is 0 Å². The lowest BCUT2D eigenvalue weighted by Crippen LogP contribution is -2.34. The highest BCUT2D eigenvalue weighted by atomic mass is 35.5. The standard InChI is InChI=1S/C21H13Cl2N3OS2/c22-12-9-10-16(14(11-12)20-24-17-7-3-4-8-18(17)29-20)25-21(28)26-19(27)13-5-1-2-6-15(13)23/h1-11H,(H2,25,26,27,28). The molecule has 0 atom stereocenters. The largest absolute Gasteiger partial charge is 0.332 e. The number of carbonyl (C=O) groups is 1. The van der Waals surface area contributed by atoms with Gasteiger partial charge in [-0.25, -0.2) is 4.98 Å². The fraction of sp³-hybridized carbons (Fsp3) is 0. The lowest BCUT2D eigenvalue weighted by Gasteiger charge is -2.13. The summed E-state index contributed by atoms with van der Waals surface area (Å²) in [7, 11) is 0. The Balaban J connectivity index is 1.60. The number of rotatable bonds is 3. The molecule has 0 unspecified atom stereocenters. The minimum absolute atomic E-state index is 0.152. The quantitative estimate of drug-likeness (QED) is 0.349. The smallest absolute Gasteiger partial charge is 0.258 e. The average Bonchev–Trinajstić information content (AvgIpc) is 3.13. The zero-order valence-corrected chi connectivity index (χ0v) is 17.9. The monoisotopic (exact) mass is 457 g/mol. The van der Waals surface area contributed by atoms with Gasteiger partial charge in [0.05, 0.1) is 26.5 Å². The Bertz CT molecular complexity index is 1210. The molecule has 0 spiro atoms. The summed E-state index contributed by atoms with van der Waals surface area (Å²) in [6.45, 7) is 0. The molecule has 0 aliphatic carbocycles. The third-order valence-electron chi connectivity index (χ3n) is 4.10. The molecule has 1 amide bonds. The molecule has 4 nitrogen and oxygen atoms in total. The Labute approximate surface area is 186 Å². The highest BCUT2D eigenvalue weighted by Gasteiger charge is 2.15. The molecule has 3 aromatic carbocycles. The Kier molecular flexibility index (Phi) is 5.78. The van der Waals surface area contributed by atoms with Crippen molar-refractivity contribution in [3.8, 4) is 10.6 Å². The topological polar surface area (TPSA) is 54.0 Å². The summed E-state index contributed by atoms with van der Waals surface area (Å²) in [5, 5.41) is 7.61. The Morgan fingerprint density at radius 2 is 1.76 bits per heavy atom. The molecule has 8 heteroatoms. The summed E-state index contributed by atoms with van der Waals surface area (Å²) in [5.74, 6) is -0.386. The molecule has 144 valence electrons. The molecule has 0 radical (unpaired) electrons. The van der Waals surface area contributed by atoms with Crippen molar-refractivity contribution >= 4 is 73.7 Å². The number of aromatic nitrogens is 1. The van der Waals surface area contributed by atoms with E-state index >= 15 is 0 Å². The number of carbonyl (C=O) groups excluding carboxylic acids is 1. The van der Waals surface area contributed by atoms with E-state index < -0.39 is 0 Å². The van der Waals surface area contributed by atoms with Gasteiger partial charge in [-0.2, -0.15) is 0 Å². The Morgan fingerprint density at radius 3 is 2.55 bits per heavy atom. The van der Waals surface area contributed by atoms with E-state index in [2.05, 4.69) is 15.6 Å². The van der Waals surface area contributed by atoms with E-state index in [1.54, 1.807) is 47.7 Å². The van der Waals surface area contributed by atoms with Crippen LogP contribution in [-0.4, -0.2) is 16.0 Å². The molecule has 29 heavy (non-hydrogen) atoms. The van der Waals surface area contributed by atoms with Crippen molar-refractivity contribution in [3.63, 3.8) is 0 Å². The number of hydrogen-bond acceptors (Lipinski definition) is 4. The van der Waals surface area contributed by atoms with E-state index in [-0.39, 0.29) is 11.0 Å². The highest BCUT2D eigenvalue weighted by molar-refractivity contribution is 7.80. The third-order valence-corrected chi connectivity index (χ3v) is 5.94. The molecule has 4 aromatic rings. The van der Waals surface area contributed by atoms with E-state index in [1.807, 2.05) is 30.3 Å². The van der Waals surface area contributed by atoms with Gasteiger partial charge in [0.1, 0.15) is 5.01 Å². The molecule has 0 aliphatic heterocycles. The lowest BCUT2D eigenvalue weighted by atomic mass is 10.2. The first kappa shape index (κ1) is 19.8. The first-order valence-corrected chi connectivity index (χ1v) is 10.5. The number of thiocarbonyl (C=S) groups is 1. The SMILES string of the molecule is O=C(NC(=S)Nc1ccc(Cl)cc1-c1nc2ccccc2s1)c1ccccc1Cl. The van der Waals surface area contributed by atoms with Crippen LogP contribution in [0.2, 0.25) is 10.0 Å². The number of nitrogens with one attached hydrogen (secondary N) is 2. The number of benzene rings is 3. The van der Waals surface area contributed by atoms with E-state index in [9.17, 15) is 4.79 Å². The van der Waals surface area contributed by atoms with Crippen molar-refractivity contribution in [1.82, 2.24) is 10.3 Å². The maximum absolute atomic E-state index is 12.4. The zero-order chi connectivity index (χ0) is 20.4. The van der Waals surface area contributed by atoms with E-state index in [0.717, 1.165) is 20.8 Å². The zero-order valence-electron chi connectivity index (χ0n) is 14.8. The molecular weight excluding hydrogens is 445 g/mol. The van der Waals surface area contributed by atoms with Crippen LogP contribution in [0.25, 0.3) is 20.8 Å². The van der Waals surface area contributed by atoms with Gasteiger partial charge < -0.3 is 5.32 Å². The van der Waals surface area contributed by atoms with Gasteiger partial charge in [-0.3, -0.25) is 10.1 Å². The van der Waals surface area contributed by atoms with Crippen LogP contribution in [0.3, 0.4) is 0 Å². The summed E-state index contributed by atoms with van der Waals surface area (Å²) in [6, 6.07) is 20.0. The first-order chi connectivity index (χ1) is 14.0. The van der Waals surface area contributed by atoms with Crippen molar-refractivity contribution < 1.29 is 4.79 Å². The van der Waals surface area contributed by atoms with Crippen molar-refractivity contribution in [2.75, 3.05) is 5.32 Å². The number of amides is 1. The fourth-order valence-corrected chi connectivity index (χ4v) is 4.35. The normalized spacial score (nSPS) is 10.7. The lowest BCUT2D eigenvalue weighted by molar-refractivity contribution is 0.0978. The minimum Gasteiger partial charge on any atom is -0.332 e. The number of anilines is 1. The molecular formula is C21H13Cl2N3OS2. The summed E-state index contributed by atoms with van der Waals surface area (Å²) < 4.78 is 1.07. The van der Waals surface area contributed by atoms with Crippen molar-refractivity contribution in [2.24, 2.45) is 0 Å². The molecule has 0 aliphatic rings. The van der Waals surface area contributed by atoms with Crippen molar-refractivity contribution in [1.29, 1.82) is 0 Å². The molecule has 0 saturated carbocycles. The van der Waals surface area contributed by atoms with E-state index in [0.29, 0.717) is 21.3 Å². The van der Waals surface area contributed by atoms with Crippen LogP contribution >= 0.6 is 46.8 Å². The molecule has 0 bridgehead atoms. The summed E-state index contributed by atoms with van der Waals surface area (Å²) in [6.07, 6.45) is 0. The first-order valence-electron chi connectivity index (χ1n) is 8.53. The van der Waals surface area contributed by atoms with Crippen LogP contribution in [0.15, 0.2) is 66.7 Å². The molecule has 2 N–H and O–H groups in total. The van der Waals surface area contributed by atoms with Gasteiger partial charge in [-0.1, -0.05) is 47.5 Å². The maximum atomic E-state index is 12.4. The van der Waals surface area contributed by atoms with Gasteiger partial charge in [-0.15, -0.1) is 11.3 Å². The summed E-state index contributed by atoms with van der Waals surface area (Å²) >= 11 is 19.2. The van der Waals surface area contributed by atoms with Gasteiger partial charge in [0.15, 0.2) is 5.11 Å². The predicted molar refractivity (Wildman–Crippen MR) is 125 cm³/mol. The maximum Gasteiger partial charge on any atom is 0.258 e. The number of halogens is 2. The second kappa shape index (κ2) is 8.47. The van der Waals surface area contributed by atoms with Crippen LogP contribution in [0.4, 0.5) is 5.69 Å². The van der Waals surface area contributed by atoms with Gasteiger partial charge >= 0.3 is 0 Å². The molecule has 4 rings (SSSR count). The molecule has 0 fully saturated rings. The fourth-order valence-electron chi connectivity index (χ4n) is 2.76. The predicted octanol–water partition coefficient (Wildman–Crippen LogP) is 6.40. The van der Waals surface area contributed by atoms with E-state index in [4.69, 9.17) is 35.4 Å². The van der Waals surface area contributed by atoms with Crippen LogP contribution in [0, 0.1) is 0 Å². The number of para-hydroxylation sites is 1. The number of fused-ring (bicyclic) bond motifs is 1. The molecule has 1 aromatic heterocycles. The highest BCUT2D eigenvalue weighted by Crippen LogP contribution is 2.36. The minimum atomic E-state index is -0.386. The van der Waals surface area contributed by atoms with Gasteiger partial charge in [0.2, 0.25) is 0 Å². The van der Waals surface area contributed by atoms with Crippen LogP contribution in [-0.2, 0) is 0 Å². The average molecular weight is 458 g/mol. The molecule has 0 saturated heterocycles. The Morgan fingerprint density at radius 1 is 1.00 bits per heavy atom. The Hall–Kier alpha value is -2.51. The number of nitrogens with zero attached hydrogens (tertiary/aromatic N) is 1. The summed E-state index contributed by atoms with van der Waals surface area (Å²) in [4.78, 5) is 17.1.